The van der Waals surface area contributed by atoms with Gasteiger partial charge >= 0.3 is 0 Å². The Bertz CT molecular complexity index is 450. The summed E-state index contributed by atoms with van der Waals surface area (Å²) in [6.07, 6.45) is 5.41. The third-order valence-electron chi connectivity index (χ3n) is 4.78. The van der Waals surface area contributed by atoms with Gasteiger partial charge in [0.05, 0.1) is 0 Å². The second kappa shape index (κ2) is 6.25. The average Bonchev–Trinajstić information content (AvgIpc) is 2.37. The first-order chi connectivity index (χ1) is 9.68. The van der Waals surface area contributed by atoms with E-state index in [-0.39, 0.29) is 5.41 Å². The van der Waals surface area contributed by atoms with Crippen LogP contribution < -0.4 is 0 Å². The van der Waals surface area contributed by atoms with Crippen molar-refractivity contribution >= 4 is 8.24 Å². The van der Waals surface area contributed by atoms with E-state index in [1.165, 1.54) is 43.4 Å². The molecule has 1 nitrogen and oxygen atoms in total. The Morgan fingerprint density at radius 2 is 1.67 bits per heavy atom. The molecule has 1 aromatic rings. The van der Waals surface area contributed by atoms with Gasteiger partial charge in [0, 0.05) is 6.04 Å². The van der Waals surface area contributed by atoms with Crippen molar-refractivity contribution in [2.45, 2.75) is 77.6 Å². The maximum Gasteiger partial charge on any atom is 0.119 e. The minimum Gasteiger partial charge on any atom is -0.321 e. The standard InChI is InChI=1S/C19H33NSi/c1-19(2,3)17-12-10-16(11-13-17)15-18-9-7-8-14-20(18)21(4,5)6/h10-13,18H,7-9,14-15H2,1-6H3. The molecule has 1 atom stereocenters. The molecule has 0 bridgehead atoms. The SMILES string of the molecule is CC(C)(C)c1ccc(CC2CCCCN2[Si](C)(C)C)cc1. The molecule has 1 unspecified atom stereocenters. The van der Waals surface area contributed by atoms with Crippen LogP contribution in [0.3, 0.4) is 0 Å². The molecule has 0 spiro atoms. The molecule has 0 saturated carbocycles. The number of rotatable bonds is 3. The van der Waals surface area contributed by atoms with Gasteiger partial charge in [-0.05, 0) is 42.3 Å². The van der Waals surface area contributed by atoms with Crippen molar-refractivity contribution in [3.8, 4) is 0 Å². The smallest absolute Gasteiger partial charge is 0.119 e. The Kier molecular flexibility index (Phi) is 4.99. The van der Waals surface area contributed by atoms with Crippen molar-refractivity contribution in [2.24, 2.45) is 0 Å². The lowest BCUT2D eigenvalue weighted by Crippen LogP contribution is -2.54. The molecule has 1 fully saturated rings. The van der Waals surface area contributed by atoms with Gasteiger partial charge in [0.25, 0.3) is 0 Å². The van der Waals surface area contributed by atoms with Gasteiger partial charge in [-0.2, -0.15) is 0 Å². The number of piperidine rings is 1. The molecule has 2 heteroatoms. The van der Waals surface area contributed by atoms with E-state index in [1.54, 1.807) is 0 Å². The second-order valence-corrected chi connectivity index (χ2v) is 13.6. The average molecular weight is 304 g/mol. The summed E-state index contributed by atoms with van der Waals surface area (Å²) in [7, 11) is -1.18. The maximum absolute atomic E-state index is 2.86. The zero-order chi connectivity index (χ0) is 15.7. The Morgan fingerprint density at radius 3 is 2.19 bits per heavy atom. The largest absolute Gasteiger partial charge is 0.321 e. The topological polar surface area (TPSA) is 3.24 Å². The summed E-state index contributed by atoms with van der Waals surface area (Å²) in [6.45, 7) is 15.7. The van der Waals surface area contributed by atoms with Crippen molar-refractivity contribution in [3.63, 3.8) is 0 Å². The lowest BCUT2D eigenvalue weighted by molar-refractivity contribution is 0.243. The third-order valence-corrected chi connectivity index (χ3v) is 7.09. The summed E-state index contributed by atoms with van der Waals surface area (Å²) >= 11 is 0. The molecule has 1 saturated heterocycles. The molecular weight excluding hydrogens is 270 g/mol. The van der Waals surface area contributed by atoms with E-state index in [9.17, 15) is 0 Å². The van der Waals surface area contributed by atoms with Crippen molar-refractivity contribution in [1.29, 1.82) is 0 Å². The van der Waals surface area contributed by atoms with Crippen molar-refractivity contribution in [2.75, 3.05) is 6.54 Å². The lowest BCUT2D eigenvalue weighted by atomic mass is 9.86. The Balaban J connectivity index is 2.09. The van der Waals surface area contributed by atoms with Crippen LogP contribution in [0.25, 0.3) is 0 Å². The summed E-state index contributed by atoms with van der Waals surface area (Å²) < 4.78 is 2.86. The highest BCUT2D eigenvalue weighted by Crippen LogP contribution is 2.27. The van der Waals surface area contributed by atoms with Gasteiger partial charge in [0.2, 0.25) is 0 Å². The van der Waals surface area contributed by atoms with E-state index >= 15 is 0 Å². The predicted molar refractivity (Wildman–Crippen MR) is 96.5 cm³/mol. The normalized spacial score (nSPS) is 21.5. The minimum atomic E-state index is -1.18. The molecule has 1 aliphatic heterocycles. The molecule has 0 aromatic heterocycles. The summed E-state index contributed by atoms with van der Waals surface area (Å²) in [5.74, 6) is 0. The summed E-state index contributed by atoms with van der Waals surface area (Å²) in [6, 6.07) is 10.1. The Labute approximate surface area is 132 Å². The van der Waals surface area contributed by atoms with E-state index in [0.717, 1.165) is 6.04 Å². The highest BCUT2D eigenvalue weighted by Gasteiger charge is 2.32. The maximum atomic E-state index is 2.86. The van der Waals surface area contributed by atoms with Gasteiger partial charge in [-0.1, -0.05) is 71.1 Å². The van der Waals surface area contributed by atoms with Gasteiger partial charge in [-0.3, -0.25) is 0 Å². The second-order valence-electron chi connectivity index (χ2n) is 8.66. The quantitative estimate of drug-likeness (QED) is 0.692. The molecule has 1 heterocycles. The first kappa shape index (κ1) is 16.8. The van der Waals surface area contributed by atoms with Crippen LogP contribution in [-0.2, 0) is 11.8 Å². The third kappa shape index (κ3) is 4.43. The number of hydrogen-bond acceptors (Lipinski definition) is 1. The van der Waals surface area contributed by atoms with Gasteiger partial charge in [-0.25, -0.2) is 0 Å². The number of hydrogen-bond donors (Lipinski definition) is 0. The van der Waals surface area contributed by atoms with E-state index in [0.29, 0.717) is 0 Å². The van der Waals surface area contributed by atoms with E-state index in [2.05, 4.69) is 69.2 Å². The number of nitrogens with zero attached hydrogens (tertiary/aromatic N) is 1. The van der Waals surface area contributed by atoms with Crippen LogP contribution in [0.5, 0.6) is 0 Å². The summed E-state index contributed by atoms with van der Waals surface area (Å²) in [5.41, 5.74) is 3.21. The van der Waals surface area contributed by atoms with Crippen LogP contribution in [0.2, 0.25) is 19.6 Å². The molecule has 0 N–H and O–H groups in total. The first-order valence-electron chi connectivity index (χ1n) is 8.54. The summed E-state index contributed by atoms with van der Waals surface area (Å²) in [5, 5.41) is 0. The highest BCUT2D eigenvalue weighted by molar-refractivity contribution is 6.73. The van der Waals surface area contributed by atoms with Crippen LogP contribution >= 0.6 is 0 Å². The zero-order valence-electron chi connectivity index (χ0n) is 14.9. The van der Waals surface area contributed by atoms with E-state index < -0.39 is 8.24 Å². The van der Waals surface area contributed by atoms with Gasteiger partial charge in [-0.15, -0.1) is 0 Å². The van der Waals surface area contributed by atoms with Gasteiger partial charge < -0.3 is 4.57 Å². The van der Waals surface area contributed by atoms with Crippen LogP contribution in [-0.4, -0.2) is 25.4 Å². The number of benzene rings is 1. The molecule has 21 heavy (non-hydrogen) atoms. The molecule has 0 radical (unpaired) electrons. The van der Waals surface area contributed by atoms with Crippen LogP contribution in [0.4, 0.5) is 0 Å². The van der Waals surface area contributed by atoms with E-state index in [1.807, 2.05) is 0 Å². The Morgan fingerprint density at radius 1 is 1.05 bits per heavy atom. The molecular formula is C19H33NSi. The van der Waals surface area contributed by atoms with Crippen molar-refractivity contribution in [3.05, 3.63) is 35.4 Å². The molecule has 0 amide bonds. The van der Waals surface area contributed by atoms with Crippen molar-refractivity contribution in [1.82, 2.24) is 4.57 Å². The van der Waals surface area contributed by atoms with Crippen LogP contribution in [0.1, 0.15) is 51.2 Å². The van der Waals surface area contributed by atoms with Gasteiger partial charge in [0.1, 0.15) is 8.24 Å². The monoisotopic (exact) mass is 303 g/mol. The zero-order valence-corrected chi connectivity index (χ0v) is 15.9. The van der Waals surface area contributed by atoms with Crippen LogP contribution in [0.15, 0.2) is 24.3 Å². The van der Waals surface area contributed by atoms with Crippen LogP contribution in [0, 0.1) is 0 Å². The molecule has 2 rings (SSSR count). The molecule has 1 aliphatic rings. The molecule has 1 aromatic carbocycles. The fourth-order valence-corrected chi connectivity index (χ4v) is 5.65. The fourth-order valence-electron chi connectivity index (χ4n) is 3.51. The lowest BCUT2D eigenvalue weighted by Gasteiger charge is -2.44. The molecule has 0 aliphatic carbocycles. The minimum absolute atomic E-state index is 0.258. The predicted octanol–water partition coefficient (Wildman–Crippen LogP) is 5.22. The summed E-state index contributed by atoms with van der Waals surface area (Å²) in [4.78, 5) is 0. The van der Waals surface area contributed by atoms with E-state index in [4.69, 9.17) is 0 Å². The first-order valence-corrected chi connectivity index (χ1v) is 12.0. The fraction of sp³-hybridized carbons (Fsp3) is 0.684. The Hall–Kier alpha value is -0.603. The van der Waals surface area contributed by atoms with Gasteiger partial charge in [0.15, 0.2) is 0 Å². The molecule has 118 valence electrons. The highest BCUT2D eigenvalue weighted by atomic mass is 28.3. The van der Waals surface area contributed by atoms with Crippen molar-refractivity contribution < 1.29 is 0 Å².